The first kappa shape index (κ1) is 21.9. The van der Waals surface area contributed by atoms with E-state index in [2.05, 4.69) is 128 Å². The van der Waals surface area contributed by atoms with Crippen molar-refractivity contribution < 1.29 is 0 Å². The van der Waals surface area contributed by atoms with E-state index in [1.165, 1.54) is 54.2 Å². The Morgan fingerprint density at radius 2 is 1.00 bits per heavy atom. The van der Waals surface area contributed by atoms with Crippen molar-refractivity contribution >= 4 is 54.1 Å². The minimum Gasteiger partial charge on any atom is -0.278 e. The van der Waals surface area contributed by atoms with Gasteiger partial charge in [0.2, 0.25) is 5.95 Å². The van der Waals surface area contributed by atoms with Gasteiger partial charge in [0.1, 0.15) is 0 Å². The first-order valence-corrected chi connectivity index (χ1v) is 13.9. The van der Waals surface area contributed by atoms with Crippen LogP contribution in [0.1, 0.15) is 25.1 Å². The van der Waals surface area contributed by atoms with Crippen LogP contribution in [0.5, 0.6) is 0 Å². The van der Waals surface area contributed by atoms with Gasteiger partial charge in [0.15, 0.2) is 0 Å². The van der Waals surface area contributed by atoms with E-state index in [-0.39, 0.29) is 5.41 Å². The molecule has 0 spiro atoms. The standard InChI is InChI=1S/C37H25N3/c1-37(2)32-20-29-25-14-6-4-12-23(25)22-11-3-5-13-24(22)28(29)19-30(32)31-21-38-36(39-35(31)37)40-33-17-9-7-15-26(33)27-16-8-10-18-34(27)40/h3-21H,1-2H3. The third-order valence-corrected chi connectivity index (χ3v) is 8.99. The summed E-state index contributed by atoms with van der Waals surface area (Å²) in [5, 5.41) is 10.2. The lowest BCUT2D eigenvalue weighted by Crippen LogP contribution is -2.18. The van der Waals surface area contributed by atoms with Gasteiger partial charge in [0, 0.05) is 27.9 Å². The Balaban J connectivity index is 1.34. The van der Waals surface area contributed by atoms with Crippen molar-refractivity contribution in [3.63, 3.8) is 0 Å². The van der Waals surface area contributed by atoms with E-state index in [1.54, 1.807) is 0 Å². The molecule has 40 heavy (non-hydrogen) atoms. The molecule has 3 heteroatoms. The maximum atomic E-state index is 5.33. The number of aromatic nitrogens is 3. The van der Waals surface area contributed by atoms with Gasteiger partial charge in [0.05, 0.1) is 16.7 Å². The summed E-state index contributed by atoms with van der Waals surface area (Å²) in [6, 6.07) is 39.4. The molecule has 0 fully saturated rings. The summed E-state index contributed by atoms with van der Waals surface area (Å²) < 4.78 is 2.21. The van der Waals surface area contributed by atoms with Crippen molar-refractivity contribution in [2.75, 3.05) is 0 Å². The number of benzene rings is 6. The Morgan fingerprint density at radius 1 is 0.525 bits per heavy atom. The van der Waals surface area contributed by atoms with E-state index in [0.717, 1.165) is 28.2 Å². The zero-order chi connectivity index (χ0) is 26.6. The summed E-state index contributed by atoms with van der Waals surface area (Å²) >= 11 is 0. The highest BCUT2D eigenvalue weighted by atomic mass is 15.2. The first-order valence-electron chi connectivity index (χ1n) is 13.9. The van der Waals surface area contributed by atoms with Crippen molar-refractivity contribution in [1.29, 1.82) is 0 Å². The van der Waals surface area contributed by atoms with Crippen molar-refractivity contribution in [1.82, 2.24) is 14.5 Å². The highest BCUT2D eigenvalue weighted by Crippen LogP contribution is 2.50. The van der Waals surface area contributed by atoms with E-state index in [1.807, 2.05) is 6.20 Å². The maximum absolute atomic E-state index is 5.33. The Bertz CT molecular complexity index is 2300. The van der Waals surface area contributed by atoms with E-state index in [0.29, 0.717) is 0 Å². The number of rotatable bonds is 1. The highest BCUT2D eigenvalue weighted by molar-refractivity contribution is 6.26. The molecule has 0 atom stereocenters. The fourth-order valence-electron chi connectivity index (χ4n) is 7.11. The van der Waals surface area contributed by atoms with Gasteiger partial charge in [-0.25, -0.2) is 9.97 Å². The van der Waals surface area contributed by atoms with Gasteiger partial charge in [-0.3, -0.25) is 4.57 Å². The Hall–Kier alpha value is -5.02. The second-order valence-corrected chi connectivity index (χ2v) is 11.5. The molecule has 0 N–H and O–H groups in total. The lowest BCUT2D eigenvalue weighted by Gasteiger charge is -2.21. The number of hydrogen-bond acceptors (Lipinski definition) is 2. The molecule has 3 nitrogen and oxygen atoms in total. The zero-order valence-electron chi connectivity index (χ0n) is 22.3. The normalized spacial score (nSPS) is 13.9. The molecule has 8 aromatic rings. The van der Waals surface area contributed by atoms with Crippen LogP contribution in [0.25, 0.3) is 71.2 Å². The molecule has 1 aliphatic rings. The van der Waals surface area contributed by atoms with E-state index in [9.17, 15) is 0 Å². The average Bonchev–Trinajstić information content (AvgIpc) is 3.45. The van der Waals surface area contributed by atoms with Crippen molar-refractivity contribution in [2.45, 2.75) is 19.3 Å². The van der Waals surface area contributed by atoms with Crippen LogP contribution in [0.3, 0.4) is 0 Å². The Labute approximate surface area is 231 Å². The van der Waals surface area contributed by atoms with Gasteiger partial charge in [-0.15, -0.1) is 0 Å². The molecule has 2 heterocycles. The maximum Gasteiger partial charge on any atom is 0.234 e. The van der Waals surface area contributed by atoms with Gasteiger partial charge < -0.3 is 0 Å². The topological polar surface area (TPSA) is 30.7 Å². The van der Waals surface area contributed by atoms with Crippen LogP contribution in [0.2, 0.25) is 0 Å². The molecular weight excluding hydrogens is 486 g/mol. The Kier molecular flexibility index (Phi) is 4.13. The molecule has 0 radical (unpaired) electrons. The van der Waals surface area contributed by atoms with Crippen LogP contribution >= 0.6 is 0 Å². The lowest BCUT2D eigenvalue weighted by molar-refractivity contribution is 0.633. The van der Waals surface area contributed by atoms with Crippen LogP contribution in [-0.4, -0.2) is 14.5 Å². The second kappa shape index (κ2) is 7.55. The molecule has 2 aromatic heterocycles. The predicted octanol–water partition coefficient (Wildman–Crippen LogP) is 9.34. The quantitative estimate of drug-likeness (QED) is 0.206. The van der Waals surface area contributed by atoms with E-state index >= 15 is 0 Å². The van der Waals surface area contributed by atoms with Gasteiger partial charge in [-0.05, 0) is 67.7 Å². The summed E-state index contributed by atoms with van der Waals surface area (Å²) in [4.78, 5) is 10.3. The SMILES string of the molecule is CC1(C)c2cc3c4ccccc4c4ccccc4c3cc2-c2cnc(-n3c4ccccc4c4ccccc43)nc21. The molecular formula is C37H25N3. The second-order valence-electron chi connectivity index (χ2n) is 11.5. The molecule has 188 valence electrons. The largest absolute Gasteiger partial charge is 0.278 e. The third-order valence-electron chi connectivity index (χ3n) is 8.99. The number of hydrogen-bond donors (Lipinski definition) is 0. The van der Waals surface area contributed by atoms with Crippen molar-refractivity contribution in [3.8, 4) is 17.1 Å². The van der Waals surface area contributed by atoms with Crippen LogP contribution < -0.4 is 0 Å². The van der Waals surface area contributed by atoms with Gasteiger partial charge >= 0.3 is 0 Å². The fourth-order valence-corrected chi connectivity index (χ4v) is 7.11. The summed E-state index contributed by atoms with van der Waals surface area (Å²) in [7, 11) is 0. The zero-order valence-corrected chi connectivity index (χ0v) is 22.3. The minimum atomic E-state index is -0.262. The van der Waals surface area contributed by atoms with Crippen molar-refractivity contribution in [3.05, 3.63) is 127 Å². The summed E-state index contributed by atoms with van der Waals surface area (Å²) in [6.07, 6.45) is 2.05. The van der Waals surface area contributed by atoms with Crippen LogP contribution in [-0.2, 0) is 5.41 Å². The summed E-state index contributed by atoms with van der Waals surface area (Å²) in [6.45, 7) is 4.60. The molecule has 9 rings (SSSR count). The Morgan fingerprint density at radius 3 is 1.57 bits per heavy atom. The van der Waals surface area contributed by atoms with Crippen LogP contribution in [0.4, 0.5) is 0 Å². The molecule has 0 amide bonds. The lowest BCUT2D eigenvalue weighted by atomic mass is 9.83. The first-order chi connectivity index (χ1) is 19.6. The van der Waals surface area contributed by atoms with Gasteiger partial charge in [-0.1, -0.05) is 98.8 Å². The van der Waals surface area contributed by atoms with E-state index in [4.69, 9.17) is 9.97 Å². The molecule has 0 aliphatic heterocycles. The summed E-state index contributed by atoms with van der Waals surface area (Å²) in [5.74, 6) is 0.720. The third kappa shape index (κ3) is 2.69. The predicted molar refractivity (Wildman–Crippen MR) is 166 cm³/mol. The molecule has 0 saturated carbocycles. The number of fused-ring (bicyclic) bond motifs is 12. The van der Waals surface area contributed by atoms with Gasteiger partial charge in [-0.2, -0.15) is 0 Å². The molecule has 6 aromatic carbocycles. The van der Waals surface area contributed by atoms with Crippen molar-refractivity contribution in [2.24, 2.45) is 0 Å². The van der Waals surface area contributed by atoms with Gasteiger partial charge in [0.25, 0.3) is 0 Å². The van der Waals surface area contributed by atoms with Crippen LogP contribution in [0, 0.1) is 0 Å². The number of nitrogens with zero attached hydrogens (tertiary/aromatic N) is 3. The molecule has 0 unspecified atom stereocenters. The average molecular weight is 512 g/mol. The smallest absolute Gasteiger partial charge is 0.234 e. The molecule has 0 bridgehead atoms. The monoisotopic (exact) mass is 511 g/mol. The van der Waals surface area contributed by atoms with Crippen LogP contribution in [0.15, 0.2) is 115 Å². The van der Waals surface area contributed by atoms with E-state index < -0.39 is 0 Å². The summed E-state index contributed by atoms with van der Waals surface area (Å²) in [5.41, 5.74) is 6.75. The molecule has 0 saturated heterocycles. The minimum absolute atomic E-state index is 0.262. The fraction of sp³-hybridized carbons (Fsp3) is 0.0811. The highest BCUT2D eigenvalue weighted by Gasteiger charge is 2.38. The number of para-hydroxylation sites is 2. The molecule has 1 aliphatic carbocycles.